The molecule has 0 aromatic heterocycles. The Hall–Kier alpha value is -3.21. The van der Waals surface area contributed by atoms with Crippen LogP contribution in [0.1, 0.15) is 119 Å². The molecule has 0 radical (unpaired) electrons. The molecule has 0 saturated carbocycles. The molecule has 0 saturated heterocycles. The maximum Gasteiger partial charge on any atom is 0.128 e. The van der Waals surface area contributed by atoms with Crippen LogP contribution in [0.25, 0.3) is 0 Å². The Kier molecular flexibility index (Phi) is 21.5. The standard InChI is InChI=1S/C56H81NO2P2Si2/c1-9-15-42-62(43-16-10-2,44-17-11-3)51-38-34-49(35-39-51)60(55-32-26-24-30-53(55)58-7)57(48-28-22-21-23-29-48)61(56-33-27-25-31-54(56)59-8)50-36-40-52(41-37-50)63(45-18-12-4,46-19-13-5)47-20-14-6/h21-41H,9-20,42-47H2,1-8H3. The van der Waals surface area contributed by atoms with Crippen LogP contribution >= 0.6 is 16.1 Å². The molecule has 5 aromatic carbocycles. The maximum atomic E-state index is 6.31. The summed E-state index contributed by atoms with van der Waals surface area (Å²) < 4.78 is 15.4. The Labute approximate surface area is 389 Å². The fourth-order valence-corrected chi connectivity index (χ4v) is 27.1. The Morgan fingerprint density at radius 1 is 0.381 bits per heavy atom. The van der Waals surface area contributed by atoms with Gasteiger partial charge in [-0.1, -0.05) is 256 Å². The first-order chi connectivity index (χ1) is 30.9. The number of methoxy groups -OCH3 is 2. The Bertz CT molecular complexity index is 1860. The van der Waals surface area contributed by atoms with Gasteiger partial charge in [0.2, 0.25) is 0 Å². The molecular weight excluding hydrogens is 837 g/mol. The van der Waals surface area contributed by atoms with Crippen molar-refractivity contribution in [2.24, 2.45) is 0 Å². The molecule has 0 bridgehead atoms. The zero-order chi connectivity index (χ0) is 44.9. The largest absolute Gasteiger partial charge is 0.496 e. The molecule has 2 unspecified atom stereocenters. The van der Waals surface area contributed by atoms with E-state index < -0.39 is 32.3 Å². The summed E-state index contributed by atoms with van der Waals surface area (Å²) in [6.07, 6.45) is 15.6. The third-order valence-corrected chi connectivity index (χ3v) is 30.0. The van der Waals surface area contributed by atoms with E-state index in [2.05, 4.69) is 173 Å². The normalized spacial score (nSPS) is 12.8. The summed E-state index contributed by atoms with van der Waals surface area (Å²) in [5.74, 6) is 1.88. The van der Waals surface area contributed by atoms with Gasteiger partial charge in [0.05, 0.1) is 46.5 Å². The number of rotatable bonds is 29. The first-order valence-corrected chi connectivity index (χ1v) is 32.6. The van der Waals surface area contributed by atoms with Gasteiger partial charge in [0.15, 0.2) is 0 Å². The van der Waals surface area contributed by atoms with Crippen LogP contribution in [0.2, 0.25) is 36.3 Å². The number of unbranched alkanes of at least 4 members (excludes halogenated alkanes) is 6. The lowest BCUT2D eigenvalue weighted by atomic mass is 10.3. The molecule has 0 aliphatic carbocycles. The summed E-state index contributed by atoms with van der Waals surface area (Å²) in [6, 6.07) is 57.7. The second kappa shape index (κ2) is 26.7. The van der Waals surface area contributed by atoms with Crippen LogP contribution in [0, 0.1) is 0 Å². The molecule has 3 nitrogen and oxygen atoms in total. The van der Waals surface area contributed by atoms with Crippen molar-refractivity contribution in [1.82, 2.24) is 0 Å². The molecule has 5 rings (SSSR count). The molecule has 0 aliphatic heterocycles. The van der Waals surface area contributed by atoms with Crippen LogP contribution in [0.3, 0.4) is 0 Å². The predicted molar refractivity (Wildman–Crippen MR) is 289 cm³/mol. The molecule has 0 heterocycles. The number of anilines is 1. The van der Waals surface area contributed by atoms with E-state index in [1.807, 2.05) is 14.2 Å². The number of para-hydroxylation sites is 3. The number of ether oxygens (including phenoxy) is 2. The molecule has 340 valence electrons. The molecule has 0 spiro atoms. The summed E-state index contributed by atoms with van der Waals surface area (Å²) in [5, 5.41) is 8.51. The molecule has 5 aromatic rings. The van der Waals surface area contributed by atoms with E-state index in [1.165, 1.54) is 140 Å². The van der Waals surface area contributed by atoms with Gasteiger partial charge >= 0.3 is 0 Å². The average molecular weight is 918 g/mol. The van der Waals surface area contributed by atoms with Gasteiger partial charge in [-0.3, -0.25) is 0 Å². The fourth-order valence-electron chi connectivity index (χ4n) is 9.81. The van der Waals surface area contributed by atoms with Crippen molar-refractivity contribution in [2.45, 2.75) is 155 Å². The first-order valence-electron chi connectivity index (χ1n) is 24.8. The summed E-state index contributed by atoms with van der Waals surface area (Å²) >= 11 is 0. The Morgan fingerprint density at radius 3 is 0.984 bits per heavy atom. The minimum atomic E-state index is -1.71. The molecule has 0 amide bonds. The van der Waals surface area contributed by atoms with Gasteiger partial charge in [0.25, 0.3) is 0 Å². The quantitative estimate of drug-likeness (QED) is 0.0352. The smallest absolute Gasteiger partial charge is 0.128 e. The van der Waals surface area contributed by atoms with Gasteiger partial charge in [-0.2, -0.15) is 0 Å². The van der Waals surface area contributed by atoms with E-state index in [-0.39, 0.29) is 0 Å². The SMILES string of the molecule is CCCC[Si](CCCC)(CCCC)c1ccc(P(c2ccccc2OC)N(c2ccccc2)P(c2ccc([Si](CCCC)(CCCC)CCCC)cc2)c2ccccc2OC)cc1. The Balaban J connectivity index is 1.80. The van der Waals surface area contributed by atoms with Crippen molar-refractivity contribution in [1.29, 1.82) is 0 Å². The van der Waals surface area contributed by atoms with Crippen molar-refractivity contribution < 1.29 is 9.47 Å². The lowest BCUT2D eigenvalue weighted by molar-refractivity contribution is 0.418. The molecule has 0 N–H and O–H groups in total. The van der Waals surface area contributed by atoms with E-state index in [1.54, 1.807) is 10.4 Å². The number of nitrogens with zero attached hydrogens (tertiary/aromatic N) is 1. The lowest BCUT2D eigenvalue weighted by Crippen LogP contribution is -2.48. The van der Waals surface area contributed by atoms with Gasteiger partial charge in [0, 0.05) is 26.9 Å². The molecule has 0 fully saturated rings. The zero-order valence-electron chi connectivity index (χ0n) is 40.5. The second-order valence-corrected chi connectivity index (χ2v) is 31.5. The van der Waals surface area contributed by atoms with Gasteiger partial charge in [-0.25, -0.2) is 0 Å². The van der Waals surface area contributed by atoms with Crippen LogP contribution in [0.5, 0.6) is 11.5 Å². The first kappa shape index (κ1) is 50.8. The molecule has 63 heavy (non-hydrogen) atoms. The highest BCUT2D eigenvalue weighted by Crippen LogP contribution is 2.58. The minimum Gasteiger partial charge on any atom is -0.496 e. The summed E-state index contributed by atoms with van der Waals surface area (Å²) in [6.45, 7) is 14.2. The number of hydrogen-bond acceptors (Lipinski definition) is 3. The third-order valence-electron chi connectivity index (χ3n) is 13.5. The topological polar surface area (TPSA) is 21.7 Å². The Morgan fingerprint density at radius 2 is 0.683 bits per heavy atom. The summed E-state index contributed by atoms with van der Waals surface area (Å²) in [7, 11) is -2.04. The number of hydrogen-bond donors (Lipinski definition) is 0. The van der Waals surface area contributed by atoms with E-state index in [0.717, 1.165) is 11.5 Å². The maximum absolute atomic E-state index is 6.31. The molecular formula is C56H81NO2P2Si2. The predicted octanol–water partition coefficient (Wildman–Crippen LogP) is 14.7. The van der Waals surface area contributed by atoms with Crippen molar-refractivity contribution in [3.8, 4) is 11.5 Å². The van der Waals surface area contributed by atoms with E-state index in [9.17, 15) is 0 Å². The second-order valence-electron chi connectivity index (χ2n) is 17.9. The average Bonchev–Trinajstić information content (AvgIpc) is 3.34. The van der Waals surface area contributed by atoms with E-state index in [4.69, 9.17) is 9.47 Å². The number of benzene rings is 5. The van der Waals surface area contributed by atoms with Gasteiger partial charge in [-0.05, 0) is 36.4 Å². The van der Waals surface area contributed by atoms with Crippen molar-refractivity contribution in [3.63, 3.8) is 0 Å². The van der Waals surface area contributed by atoms with Crippen LogP contribution in [-0.4, -0.2) is 30.4 Å². The zero-order valence-corrected chi connectivity index (χ0v) is 44.3. The van der Waals surface area contributed by atoms with E-state index >= 15 is 0 Å². The van der Waals surface area contributed by atoms with Crippen molar-refractivity contribution in [2.75, 3.05) is 18.7 Å². The highest BCUT2D eigenvalue weighted by molar-refractivity contribution is 7.91. The lowest BCUT2D eigenvalue weighted by Gasteiger charge is -2.41. The molecule has 0 aliphatic rings. The highest BCUT2D eigenvalue weighted by atomic mass is 31.2. The highest BCUT2D eigenvalue weighted by Gasteiger charge is 2.38. The van der Waals surface area contributed by atoms with Gasteiger partial charge < -0.3 is 13.9 Å². The monoisotopic (exact) mass is 918 g/mol. The fraction of sp³-hybridized carbons (Fsp3) is 0.464. The van der Waals surface area contributed by atoms with Gasteiger partial charge in [0.1, 0.15) is 11.5 Å². The van der Waals surface area contributed by atoms with Crippen LogP contribution in [0.4, 0.5) is 5.69 Å². The van der Waals surface area contributed by atoms with Crippen LogP contribution < -0.4 is 45.5 Å². The van der Waals surface area contributed by atoms with Crippen molar-refractivity contribution >= 4 is 69.6 Å². The summed E-state index contributed by atoms with van der Waals surface area (Å²) in [5.41, 5.74) is 1.22. The van der Waals surface area contributed by atoms with Gasteiger partial charge in [-0.15, -0.1) is 0 Å². The van der Waals surface area contributed by atoms with Crippen LogP contribution in [-0.2, 0) is 0 Å². The third kappa shape index (κ3) is 13.0. The van der Waals surface area contributed by atoms with Crippen LogP contribution in [0.15, 0.2) is 127 Å². The van der Waals surface area contributed by atoms with E-state index in [0.29, 0.717) is 0 Å². The molecule has 7 heteroatoms. The molecule has 2 atom stereocenters. The van der Waals surface area contributed by atoms with Crippen molar-refractivity contribution in [3.05, 3.63) is 127 Å². The minimum absolute atomic E-state index is 0.940. The summed E-state index contributed by atoms with van der Waals surface area (Å²) in [4.78, 5) is 0.